The van der Waals surface area contributed by atoms with Crippen LogP contribution in [0.1, 0.15) is 84.0 Å². The molecule has 0 aliphatic rings. The first kappa shape index (κ1) is 20.6. The molecule has 0 spiro atoms. The van der Waals surface area contributed by atoms with E-state index in [2.05, 4.69) is 19.1 Å². The van der Waals surface area contributed by atoms with Crippen molar-refractivity contribution in [1.29, 1.82) is 0 Å². The molecule has 0 bridgehead atoms. The molecule has 3 heteroatoms. The van der Waals surface area contributed by atoms with Gasteiger partial charge in [0.15, 0.2) is 0 Å². The molecule has 0 aromatic carbocycles. The van der Waals surface area contributed by atoms with Crippen LogP contribution in [0.5, 0.6) is 0 Å². The van der Waals surface area contributed by atoms with Gasteiger partial charge in [-0.1, -0.05) is 64.0 Å². The Morgan fingerprint density at radius 3 is 1.95 bits per heavy atom. The Labute approximate surface area is 131 Å². The minimum absolute atomic E-state index is 0.139. The summed E-state index contributed by atoms with van der Waals surface area (Å²) in [7, 11) is 0. The minimum atomic E-state index is -0.563. The summed E-state index contributed by atoms with van der Waals surface area (Å²) in [6, 6.07) is -0.488. The van der Waals surface area contributed by atoms with Crippen molar-refractivity contribution in [1.82, 2.24) is 0 Å². The highest BCUT2D eigenvalue weighted by atomic mass is 16.3. The molecule has 126 valence electrons. The summed E-state index contributed by atoms with van der Waals surface area (Å²) in [5, 5.41) is 18.4. The number of aliphatic hydroxyl groups excluding tert-OH is 2. The van der Waals surface area contributed by atoms with Gasteiger partial charge in [0.25, 0.3) is 0 Å². The number of unbranched alkanes of at least 4 members (excludes halogenated alkanes) is 9. The Hall–Kier alpha value is -0.380. The highest BCUT2D eigenvalue weighted by molar-refractivity contribution is 4.81. The molecule has 0 aliphatic carbocycles. The molecule has 21 heavy (non-hydrogen) atoms. The van der Waals surface area contributed by atoms with Crippen LogP contribution in [-0.2, 0) is 0 Å². The zero-order valence-electron chi connectivity index (χ0n) is 14.0. The maximum atomic E-state index is 9.59. The number of allylic oxidation sites excluding steroid dienone is 2. The summed E-state index contributed by atoms with van der Waals surface area (Å²) >= 11 is 0. The van der Waals surface area contributed by atoms with Gasteiger partial charge >= 0.3 is 0 Å². The van der Waals surface area contributed by atoms with Gasteiger partial charge in [0.05, 0.1) is 18.8 Å². The summed E-state index contributed by atoms with van der Waals surface area (Å²) < 4.78 is 0. The van der Waals surface area contributed by atoms with Crippen molar-refractivity contribution in [2.24, 2.45) is 5.73 Å². The van der Waals surface area contributed by atoms with Crippen molar-refractivity contribution in [3.8, 4) is 0 Å². The summed E-state index contributed by atoms with van der Waals surface area (Å²) in [4.78, 5) is 0. The first-order valence-corrected chi connectivity index (χ1v) is 8.91. The second-order valence-corrected chi connectivity index (χ2v) is 6.08. The topological polar surface area (TPSA) is 66.5 Å². The lowest BCUT2D eigenvalue weighted by Gasteiger charge is -2.15. The van der Waals surface area contributed by atoms with Crippen LogP contribution in [0.2, 0.25) is 0 Å². The molecule has 0 aliphatic heterocycles. The lowest BCUT2D eigenvalue weighted by molar-refractivity contribution is 0.0993. The Bertz CT molecular complexity index is 231. The van der Waals surface area contributed by atoms with E-state index in [0.717, 1.165) is 19.3 Å². The second-order valence-electron chi connectivity index (χ2n) is 6.08. The van der Waals surface area contributed by atoms with E-state index in [0.29, 0.717) is 6.42 Å². The van der Waals surface area contributed by atoms with Gasteiger partial charge in [0, 0.05) is 0 Å². The van der Waals surface area contributed by atoms with Crippen LogP contribution in [0.4, 0.5) is 0 Å². The fourth-order valence-electron chi connectivity index (χ4n) is 2.41. The average molecular weight is 299 g/mol. The van der Waals surface area contributed by atoms with Gasteiger partial charge in [0.1, 0.15) is 0 Å². The third-order valence-electron chi connectivity index (χ3n) is 3.97. The summed E-state index contributed by atoms with van der Waals surface area (Å²) in [5.41, 5.74) is 5.55. The molecule has 0 unspecified atom stereocenters. The Morgan fingerprint density at radius 2 is 1.38 bits per heavy atom. The number of nitrogens with two attached hydrogens (primary N) is 1. The monoisotopic (exact) mass is 299 g/mol. The lowest BCUT2D eigenvalue weighted by Crippen LogP contribution is -2.37. The van der Waals surface area contributed by atoms with Gasteiger partial charge in [0.2, 0.25) is 0 Å². The molecule has 4 N–H and O–H groups in total. The molecule has 0 rings (SSSR count). The van der Waals surface area contributed by atoms with Crippen molar-refractivity contribution in [2.45, 2.75) is 96.1 Å². The van der Waals surface area contributed by atoms with Gasteiger partial charge in [-0.2, -0.15) is 0 Å². The van der Waals surface area contributed by atoms with Crippen molar-refractivity contribution >= 4 is 0 Å². The summed E-state index contributed by atoms with van der Waals surface area (Å²) in [6.07, 6.45) is 18.6. The van der Waals surface area contributed by atoms with Crippen LogP contribution < -0.4 is 5.73 Å². The number of hydrogen-bond acceptors (Lipinski definition) is 3. The number of hydrogen-bond donors (Lipinski definition) is 3. The van der Waals surface area contributed by atoms with E-state index in [4.69, 9.17) is 10.8 Å². The van der Waals surface area contributed by atoms with Gasteiger partial charge in [-0.3, -0.25) is 0 Å². The van der Waals surface area contributed by atoms with Gasteiger partial charge in [-0.25, -0.2) is 0 Å². The smallest absolute Gasteiger partial charge is 0.0713 e. The molecular weight excluding hydrogens is 262 g/mol. The number of rotatable bonds is 15. The van der Waals surface area contributed by atoms with Gasteiger partial charge < -0.3 is 15.9 Å². The van der Waals surface area contributed by atoms with E-state index in [1.54, 1.807) is 0 Å². The first-order valence-electron chi connectivity index (χ1n) is 8.91. The zero-order valence-corrected chi connectivity index (χ0v) is 14.0. The molecule has 0 aromatic rings. The van der Waals surface area contributed by atoms with E-state index in [1.165, 1.54) is 51.4 Å². The fraction of sp³-hybridized carbons (Fsp3) is 0.889. The van der Waals surface area contributed by atoms with Crippen LogP contribution in [0.3, 0.4) is 0 Å². The predicted molar refractivity (Wildman–Crippen MR) is 91.3 cm³/mol. The Morgan fingerprint density at radius 1 is 0.857 bits per heavy atom. The highest BCUT2D eigenvalue weighted by Gasteiger charge is 2.12. The van der Waals surface area contributed by atoms with Crippen LogP contribution >= 0.6 is 0 Å². The maximum absolute atomic E-state index is 9.59. The van der Waals surface area contributed by atoms with Crippen molar-refractivity contribution in [3.05, 3.63) is 12.2 Å². The van der Waals surface area contributed by atoms with Crippen molar-refractivity contribution in [2.75, 3.05) is 6.61 Å². The van der Waals surface area contributed by atoms with E-state index >= 15 is 0 Å². The molecule has 0 saturated heterocycles. The van der Waals surface area contributed by atoms with Crippen molar-refractivity contribution < 1.29 is 10.2 Å². The quantitative estimate of drug-likeness (QED) is 0.317. The molecule has 0 saturated carbocycles. The van der Waals surface area contributed by atoms with Crippen LogP contribution in [0.15, 0.2) is 12.2 Å². The summed E-state index contributed by atoms with van der Waals surface area (Å²) in [5.74, 6) is 0. The van der Waals surface area contributed by atoms with Crippen LogP contribution in [0.25, 0.3) is 0 Å². The van der Waals surface area contributed by atoms with E-state index in [1.807, 2.05) is 0 Å². The second kappa shape index (κ2) is 16.0. The highest BCUT2D eigenvalue weighted by Crippen LogP contribution is 2.10. The zero-order chi connectivity index (χ0) is 15.8. The van der Waals surface area contributed by atoms with Gasteiger partial charge in [-0.05, 0) is 32.1 Å². The molecule has 0 radical (unpaired) electrons. The number of aliphatic hydroxyl groups is 2. The molecule has 0 aromatic heterocycles. The molecular formula is C18H37NO2. The largest absolute Gasteiger partial charge is 0.395 e. The van der Waals surface area contributed by atoms with E-state index < -0.39 is 12.1 Å². The average Bonchev–Trinajstić information content (AvgIpc) is 2.50. The van der Waals surface area contributed by atoms with E-state index in [9.17, 15) is 5.11 Å². The normalized spacial score (nSPS) is 14.7. The van der Waals surface area contributed by atoms with Gasteiger partial charge in [-0.15, -0.1) is 0 Å². The van der Waals surface area contributed by atoms with Crippen LogP contribution in [-0.4, -0.2) is 29.0 Å². The molecule has 0 heterocycles. The lowest BCUT2D eigenvalue weighted by atomic mass is 10.0. The van der Waals surface area contributed by atoms with Crippen LogP contribution in [0, 0.1) is 0 Å². The Kier molecular flexibility index (Phi) is 15.7. The third kappa shape index (κ3) is 14.3. The SMILES string of the molecule is CCCCCCCCC/C=C/CCCC[C@@H](O)[C@@H](N)CO. The minimum Gasteiger partial charge on any atom is -0.395 e. The molecule has 0 amide bonds. The first-order chi connectivity index (χ1) is 10.2. The molecule has 2 atom stereocenters. The van der Waals surface area contributed by atoms with Crippen molar-refractivity contribution in [3.63, 3.8) is 0 Å². The summed E-state index contributed by atoms with van der Waals surface area (Å²) in [6.45, 7) is 2.12. The predicted octanol–water partition coefficient (Wildman–Crippen LogP) is 3.92. The van der Waals surface area contributed by atoms with E-state index in [-0.39, 0.29) is 6.61 Å². The molecule has 3 nitrogen and oxygen atoms in total. The fourth-order valence-corrected chi connectivity index (χ4v) is 2.41. The maximum Gasteiger partial charge on any atom is 0.0713 e. The molecule has 0 fully saturated rings. The third-order valence-corrected chi connectivity index (χ3v) is 3.97. The standard InChI is InChI=1S/C18H37NO2/c1-2-3-4-5-6-7-8-9-10-11-12-13-14-15-18(21)17(19)16-20/h10-11,17-18,20-21H,2-9,12-16,19H2,1H3/b11-10+/t17-,18+/m0/s1. The Balaban J connectivity index is 3.22.